The van der Waals surface area contributed by atoms with E-state index in [0.717, 1.165) is 19.5 Å². The molecule has 4 heteroatoms. The number of anilines is 1. The van der Waals surface area contributed by atoms with Crippen LogP contribution < -0.4 is 4.90 Å². The number of hydrogen-bond acceptors (Lipinski definition) is 3. The highest BCUT2D eigenvalue weighted by Crippen LogP contribution is 2.35. The normalized spacial score (nSPS) is 24.6. The van der Waals surface area contributed by atoms with Crippen LogP contribution in [0.3, 0.4) is 0 Å². The Bertz CT molecular complexity index is 550. The number of carbonyl (C=O) groups excluding carboxylic acids is 1. The number of carbonyl (C=O) groups is 1. The number of amides is 1. The molecule has 2 heterocycles. The zero-order valence-electron chi connectivity index (χ0n) is 13.3. The maximum absolute atomic E-state index is 12.2. The molecule has 4 nitrogen and oxygen atoms in total. The van der Waals surface area contributed by atoms with Gasteiger partial charge in [-0.15, -0.1) is 0 Å². The van der Waals surface area contributed by atoms with Gasteiger partial charge in [-0.2, -0.15) is 0 Å². The van der Waals surface area contributed by atoms with Gasteiger partial charge in [0.2, 0.25) is 0 Å². The Morgan fingerprint density at radius 1 is 1.24 bits per heavy atom. The van der Waals surface area contributed by atoms with Crippen LogP contribution in [0.2, 0.25) is 0 Å². The SMILES string of the molecule is Cc1cccc(N2C[C@H]3C[C@@H]2CN3C(=O)OC(C)(C)C)c1. The summed E-state index contributed by atoms with van der Waals surface area (Å²) in [5.74, 6) is 0. The van der Waals surface area contributed by atoms with Gasteiger partial charge in [0, 0.05) is 24.8 Å². The molecule has 2 aliphatic rings. The number of likely N-dealkylation sites (tertiary alicyclic amines) is 1. The second-order valence-corrected chi connectivity index (χ2v) is 7.17. The highest BCUT2D eigenvalue weighted by atomic mass is 16.6. The molecule has 0 unspecified atom stereocenters. The molecule has 1 aromatic rings. The van der Waals surface area contributed by atoms with E-state index in [9.17, 15) is 4.79 Å². The van der Waals surface area contributed by atoms with E-state index in [0.29, 0.717) is 6.04 Å². The van der Waals surface area contributed by atoms with Gasteiger partial charge in [0.25, 0.3) is 0 Å². The molecule has 21 heavy (non-hydrogen) atoms. The van der Waals surface area contributed by atoms with Crippen molar-refractivity contribution in [2.75, 3.05) is 18.0 Å². The van der Waals surface area contributed by atoms with Gasteiger partial charge in [-0.3, -0.25) is 0 Å². The number of hydrogen-bond donors (Lipinski definition) is 0. The van der Waals surface area contributed by atoms with Crippen LogP contribution >= 0.6 is 0 Å². The summed E-state index contributed by atoms with van der Waals surface area (Å²) in [6, 6.07) is 9.30. The first-order chi connectivity index (χ1) is 9.83. The first-order valence-electron chi connectivity index (χ1n) is 7.66. The lowest BCUT2D eigenvalue weighted by Gasteiger charge is -2.36. The van der Waals surface area contributed by atoms with Crippen LogP contribution in [-0.4, -0.2) is 41.8 Å². The summed E-state index contributed by atoms with van der Waals surface area (Å²) in [5, 5.41) is 0. The third-order valence-corrected chi connectivity index (χ3v) is 4.20. The molecular formula is C17H24N2O2. The van der Waals surface area contributed by atoms with Gasteiger partial charge in [0.15, 0.2) is 0 Å². The lowest BCUT2D eigenvalue weighted by atomic mass is 10.2. The third kappa shape index (κ3) is 2.85. The number of ether oxygens (including phenoxy) is 1. The van der Waals surface area contributed by atoms with Crippen molar-refractivity contribution in [1.82, 2.24) is 4.90 Å². The topological polar surface area (TPSA) is 32.8 Å². The molecule has 2 fully saturated rings. The predicted octanol–water partition coefficient (Wildman–Crippen LogP) is 3.19. The summed E-state index contributed by atoms with van der Waals surface area (Å²) < 4.78 is 5.50. The molecule has 0 saturated carbocycles. The van der Waals surface area contributed by atoms with E-state index < -0.39 is 5.60 Å². The highest BCUT2D eigenvalue weighted by Gasteiger charge is 2.46. The molecule has 0 N–H and O–H groups in total. The lowest BCUT2D eigenvalue weighted by Crippen LogP contribution is -2.50. The third-order valence-electron chi connectivity index (χ3n) is 4.20. The second kappa shape index (κ2) is 4.93. The van der Waals surface area contributed by atoms with Crippen molar-refractivity contribution in [2.45, 2.75) is 51.8 Å². The molecule has 0 aliphatic carbocycles. The summed E-state index contributed by atoms with van der Waals surface area (Å²) in [6.07, 6.45) is 0.881. The monoisotopic (exact) mass is 288 g/mol. The molecule has 114 valence electrons. The van der Waals surface area contributed by atoms with Crippen LogP contribution in [0.5, 0.6) is 0 Å². The van der Waals surface area contributed by atoms with Crippen LogP contribution in [0.1, 0.15) is 32.8 Å². The van der Waals surface area contributed by atoms with Crippen molar-refractivity contribution in [1.29, 1.82) is 0 Å². The van der Waals surface area contributed by atoms with Crippen LogP contribution in [0.15, 0.2) is 24.3 Å². The van der Waals surface area contributed by atoms with Crippen molar-refractivity contribution in [3.63, 3.8) is 0 Å². The predicted molar refractivity (Wildman–Crippen MR) is 83.7 cm³/mol. The summed E-state index contributed by atoms with van der Waals surface area (Å²) in [6.45, 7) is 9.54. The van der Waals surface area contributed by atoms with Crippen molar-refractivity contribution in [3.8, 4) is 0 Å². The van der Waals surface area contributed by atoms with Crippen molar-refractivity contribution in [2.24, 2.45) is 0 Å². The molecule has 0 spiro atoms. The van der Waals surface area contributed by atoms with E-state index in [4.69, 9.17) is 4.74 Å². The smallest absolute Gasteiger partial charge is 0.410 e. The largest absolute Gasteiger partial charge is 0.444 e. The van der Waals surface area contributed by atoms with E-state index in [1.807, 2.05) is 25.7 Å². The van der Waals surface area contributed by atoms with Gasteiger partial charge in [-0.25, -0.2) is 4.79 Å². The van der Waals surface area contributed by atoms with E-state index in [1.54, 1.807) is 0 Å². The lowest BCUT2D eigenvalue weighted by molar-refractivity contribution is 0.0215. The number of fused-ring (bicyclic) bond motifs is 2. The fraction of sp³-hybridized carbons (Fsp3) is 0.588. The Labute approximate surface area is 126 Å². The van der Waals surface area contributed by atoms with Crippen LogP contribution in [0.25, 0.3) is 0 Å². The van der Waals surface area contributed by atoms with Crippen molar-refractivity contribution >= 4 is 11.8 Å². The zero-order valence-corrected chi connectivity index (χ0v) is 13.3. The Hall–Kier alpha value is -1.71. The van der Waals surface area contributed by atoms with Gasteiger partial charge in [-0.05, 0) is 51.8 Å². The molecule has 2 aliphatic heterocycles. The Morgan fingerprint density at radius 2 is 2.00 bits per heavy atom. The van der Waals surface area contributed by atoms with Gasteiger partial charge < -0.3 is 14.5 Å². The number of piperazine rings is 1. The molecule has 1 amide bonds. The number of nitrogens with zero attached hydrogens (tertiary/aromatic N) is 2. The molecule has 2 atom stereocenters. The molecule has 3 rings (SSSR count). The maximum atomic E-state index is 12.2. The standard InChI is InChI=1S/C17H24N2O2/c1-12-6-5-7-13(8-12)18-10-15-9-14(18)11-19(15)16(20)21-17(2,3)4/h5-8,14-15H,9-11H2,1-4H3/t14-,15-/m1/s1. The number of aryl methyl sites for hydroxylation is 1. The number of benzene rings is 1. The molecule has 0 aromatic heterocycles. The fourth-order valence-electron chi connectivity index (χ4n) is 3.33. The van der Waals surface area contributed by atoms with E-state index in [1.165, 1.54) is 11.3 Å². The van der Waals surface area contributed by atoms with Crippen LogP contribution in [0, 0.1) is 6.92 Å². The van der Waals surface area contributed by atoms with Gasteiger partial charge in [0.1, 0.15) is 5.60 Å². The summed E-state index contributed by atoms with van der Waals surface area (Å²) in [5.41, 5.74) is 2.13. The zero-order chi connectivity index (χ0) is 15.2. The number of rotatable bonds is 1. The first kappa shape index (κ1) is 14.2. The molecule has 1 aromatic carbocycles. The van der Waals surface area contributed by atoms with Gasteiger partial charge in [0.05, 0.1) is 6.04 Å². The highest BCUT2D eigenvalue weighted by molar-refractivity contribution is 5.70. The van der Waals surface area contributed by atoms with Crippen LogP contribution in [-0.2, 0) is 4.74 Å². The van der Waals surface area contributed by atoms with E-state index >= 15 is 0 Å². The average molecular weight is 288 g/mol. The van der Waals surface area contributed by atoms with Crippen molar-refractivity contribution < 1.29 is 9.53 Å². The second-order valence-electron chi connectivity index (χ2n) is 7.17. The van der Waals surface area contributed by atoms with E-state index in [-0.39, 0.29) is 12.1 Å². The molecule has 0 radical (unpaired) electrons. The Kier molecular flexibility index (Phi) is 3.34. The van der Waals surface area contributed by atoms with E-state index in [2.05, 4.69) is 36.1 Å². The Balaban J connectivity index is 1.68. The maximum Gasteiger partial charge on any atom is 0.410 e. The van der Waals surface area contributed by atoms with Crippen LogP contribution in [0.4, 0.5) is 10.5 Å². The van der Waals surface area contributed by atoms with Gasteiger partial charge in [-0.1, -0.05) is 12.1 Å². The average Bonchev–Trinajstić information content (AvgIpc) is 2.96. The molecule has 2 bridgehead atoms. The minimum Gasteiger partial charge on any atom is -0.444 e. The van der Waals surface area contributed by atoms with Gasteiger partial charge >= 0.3 is 6.09 Å². The fourth-order valence-corrected chi connectivity index (χ4v) is 3.33. The quantitative estimate of drug-likeness (QED) is 0.795. The minimum atomic E-state index is -0.421. The summed E-state index contributed by atoms with van der Waals surface area (Å²) in [4.78, 5) is 16.6. The Morgan fingerprint density at radius 3 is 2.57 bits per heavy atom. The summed E-state index contributed by atoms with van der Waals surface area (Å²) in [7, 11) is 0. The first-order valence-corrected chi connectivity index (χ1v) is 7.66. The molecular weight excluding hydrogens is 264 g/mol. The minimum absolute atomic E-state index is 0.168. The molecule has 2 saturated heterocycles. The summed E-state index contributed by atoms with van der Waals surface area (Å²) >= 11 is 0. The van der Waals surface area contributed by atoms with Crippen molar-refractivity contribution in [3.05, 3.63) is 29.8 Å².